The topological polar surface area (TPSA) is 26.3 Å². The Morgan fingerprint density at radius 1 is 1.57 bits per heavy atom. The van der Waals surface area contributed by atoms with Crippen LogP contribution >= 0.6 is 11.3 Å². The molecule has 0 atom stereocenters. The van der Waals surface area contributed by atoms with Gasteiger partial charge in [0.2, 0.25) is 0 Å². The maximum atomic E-state index is 12.4. The van der Waals surface area contributed by atoms with Crippen LogP contribution in [-0.2, 0) is 9.53 Å². The molecule has 0 aliphatic carbocycles. The average molecular weight is 218 g/mol. The summed E-state index contributed by atoms with van der Waals surface area (Å²) in [5.74, 6) is -0.981. The molecule has 0 spiro atoms. The van der Waals surface area contributed by atoms with Gasteiger partial charge in [0.15, 0.2) is 0 Å². The molecule has 0 saturated carbocycles. The zero-order chi connectivity index (χ0) is 10.6. The Bertz CT molecular complexity index is 340. The van der Waals surface area contributed by atoms with Crippen LogP contribution in [0.1, 0.15) is 12.5 Å². The predicted octanol–water partition coefficient (Wildman–Crippen LogP) is 2.92. The monoisotopic (exact) mass is 218 g/mol. The first kappa shape index (κ1) is 10.8. The second kappa shape index (κ2) is 4.85. The number of thiophene rings is 1. The van der Waals surface area contributed by atoms with Crippen molar-refractivity contribution in [3.63, 3.8) is 0 Å². The molecule has 0 bridgehead atoms. The number of esters is 1. The Hall–Kier alpha value is -1.23. The van der Waals surface area contributed by atoms with Gasteiger partial charge in [0.1, 0.15) is 5.57 Å². The van der Waals surface area contributed by atoms with Gasteiger partial charge in [-0.25, -0.2) is 4.79 Å². The SMILES string of the molecule is CCOC(=O)C(=C(F)F)c1ccsc1. The lowest BCUT2D eigenvalue weighted by atomic mass is 10.1. The molecule has 1 aromatic rings. The molecule has 0 aliphatic heterocycles. The van der Waals surface area contributed by atoms with Crippen molar-refractivity contribution in [3.8, 4) is 0 Å². The van der Waals surface area contributed by atoms with Gasteiger partial charge in [-0.1, -0.05) is 0 Å². The molecule has 1 aromatic heterocycles. The molecule has 2 nitrogen and oxygen atoms in total. The van der Waals surface area contributed by atoms with Gasteiger partial charge in [0, 0.05) is 5.56 Å². The number of rotatable bonds is 3. The fraction of sp³-hybridized carbons (Fsp3) is 0.222. The van der Waals surface area contributed by atoms with E-state index in [1.165, 1.54) is 22.8 Å². The molecule has 76 valence electrons. The van der Waals surface area contributed by atoms with Crippen LogP contribution in [-0.4, -0.2) is 12.6 Å². The summed E-state index contributed by atoms with van der Waals surface area (Å²) in [5, 5.41) is 3.10. The maximum Gasteiger partial charge on any atom is 0.344 e. The second-order valence-corrected chi connectivity index (χ2v) is 3.15. The summed E-state index contributed by atoms with van der Waals surface area (Å²) >= 11 is 1.25. The predicted molar refractivity (Wildman–Crippen MR) is 50.1 cm³/mol. The number of carbonyl (C=O) groups is 1. The van der Waals surface area contributed by atoms with Crippen LogP contribution in [0.15, 0.2) is 22.9 Å². The highest BCUT2D eigenvalue weighted by Crippen LogP contribution is 2.24. The van der Waals surface area contributed by atoms with Crippen LogP contribution < -0.4 is 0 Å². The van der Waals surface area contributed by atoms with Gasteiger partial charge < -0.3 is 4.74 Å². The standard InChI is InChI=1S/C9H8F2O2S/c1-2-13-9(12)7(8(10)11)6-3-4-14-5-6/h3-5H,2H2,1H3. The van der Waals surface area contributed by atoms with Crippen LogP contribution in [0.2, 0.25) is 0 Å². The number of hydrogen-bond donors (Lipinski definition) is 0. The van der Waals surface area contributed by atoms with Crippen molar-refractivity contribution in [2.24, 2.45) is 0 Å². The fourth-order valence-electron chi connectivity index (χ4n) is 0.914. The van der Waals surface area contributed by atoms with Crippen molar-refractivity contribution in [2.75, 3.05) is 6.61 Å². The molecule has 0 aliphatic rings. The molecule has 0 fully saturated rings. The number of ether oxygens (including phenoxy) is 1. The quantitative estimate of drug-likeness (QED) is 0.576. The van der Waals surface area contributed by atoms with E-state index in [0.717, 1.165) is 0 Å². The van der Waals surface area contributed by atoms with E-state index < -0.39 is 17.6 Å². The lowest BCUT2D eigenvalue weighted by molar-refractivity contribution is -0.136. The van der Waals surface area contributed by atoms with Gasteiger partial charge in [0.05, 0.1) is 6.61 Å². The van der Waals surface area contributed by atoms with Gasteiger partial charge in [-0.15, -0.1) is 0 Å². The van der Waals surface area contributed by atoms with Crippen LogP contribution in [0.25, 0.3) is 5.57 Å². The first-order valence-corrected chi connectivity index (χ1v) is 4.86. The summed E-state index contributed by atoms with van der Waals surface area (Å²) in [6, 6.07) is 1.45. The van der Waals surface area contributed by atoms with E-state index >= 15 is 0 Å². The average Bonchev–Trinajstić information content (AvgIpc) is 2.57. The van der Waals surface area contributed by atoms with Gasteiger partial charge >= 0.3 is 5.97 Å². The number of halogens is 2. The Morgan fingerprint density at radius 2 is 2.29 bits per heavy atom. The van der Waals surface area contributed by atoms with E-state index in [1.807, 2.05) is 0 Å². The zero-order valence-electron chi connectivity index (χ0n) is 7.42. The van der Waals surface area contributed by atoms with Crippen LogP contribution in [0.5, 0.6) is 0 Å². The minimum Gasteiger partial charge on any atom is -0.462 e. The van der Waals surface area contributed by atoms with E-state index in [-0.39, 0.29) is 12.2 Å². The number of hydrogen-bond acceptors (Lipinski definition) is 3. The molecule has 0 radical (unpaired) electrons. The lowest BCUT2D eigenvalue weighted by Gasteiger charge is -2.03. The van der Waals surface area contributed by atoms with Gasteiger partial charge in [0.25, 0.3) is 6.08 Å². The third-order valence-corrected chi connectivity index (χ3v) is 2.16. The molecule has 14 heavy (non-hydrogen) atoms. The highest BCUT2D eigenvalue weighted by Gasteiger charge is 2.19. The molecule has 1 heterocycles. The summed E-state index contributed by atoms with van der Waals surface area (Å²) in [7, 11) is 0. The summed E-state index contributed by atoms with van der Waals surface area (Å²) < 4.78 is 29.4. The molecule has 0 unspecified atom stereocenters. The summed E-state index contributed by atoms with van der Waals surface area (Å²) in [4.78, 5) is 11.1. The van der Waals surface area contributed by atoms with Crippen molar-refractivity contribution >= 4 is 22.9 Å². The summed E-state index contributed by atoms with van der Waals surface area (Å²) in [6.07, 6.45) is -2.01. The Balaban J connectivity index is 2.99. The molecule has 0 amide bonds. The highest BCUT2D eigenvalue weighted by atomic mass is 32.1. The van der Waals surface area contributed by atoms with E-state index in [0.29, 0.717) is 0 Å². The van der Waals surface area contributed by atoms with E-state index in [1.54, 1.807) is 12.3 Å². The first-order chi connectivity index (χ1) is 6.66. The Labute approximate surface area is 83.8 Å². The largest absolute Gasteiger partial charge is 0.462 e. The van der Waals surface area contributed by atoms with E-state index in [4.69, 9.17) is 0 Å². The van der Waals surface area contributed by atoms with Gasteiger partial charge in [-0.3, -0.25) is 0 Å². The van der Waals surface area contributed by atoms with Crippen molar-refractivity contribution in [2.45, 2.75) is 6.92 Å². The Kier molecular flexibility index (Phi) is 3.76. The van der Waals surface area contributed by atoms with Gasteiger partial charge in [-0.05, 0) is 23.8 Å². The van der Waals surface area contributed by atoms with Crippen molar-refractivity contribution < 1.29 is 18.3 Å². The second-order valence-electron chi connectivity index (χ2n) is 2.37. The molecule has 0 N–H and O–H groups in total. The summed E-state index contributed by atoms with van der Waals surface area (Å²) in [5.41, 5.74) is -0.443. The lowest BCUT2D eigenvalue weighted by Crippen LogP contribution is -2.07. The van der Waals surface area contributed by atoms with Crippen molar-refractivity contribution in [1.82, 2.24) is 0 Å². The molecule has 5 heteroatoms. The molecular weight excluding hydrogens is 210 g/mol. The molecule has 0 aromatic carbocycles. The Morgan fingerprint density at radius 3 is 2.71 bits per heavy atom. The smallest absolute Gasteiger partial charge is 0.344 e. The van der Waals surface area contributed by atoms with E-state index in [2.05, 4.69) is 4.74 Å². The zero-order valence-corrected chi connectivity index (χ0v) is 8.24. The maximum absolute atomic E-state index is 12.4. The van der Waals surface area contributed by atoms with Crippen molar-refractivity contribution in [3.05, 3.63) is 28.5 Å². The van der Waals surface area contributed by atoms with E-state index in [9.17, 15) is 13.6 Å². The fourth-order valence-corrected chi connectivity index (χ4v) is 1.56. The molecule has 1 rings (SSSR count). The normalized spacial score (nSPS) is 9.64. The first-order valence-electron chi connectivity index (χ1n) is 3.91. The number of carbonyl (C=O) groups excluding carboxylic acids is 1. The summed E-state index contributed by atoms with van der Waals surface area (Å²) in [6.45, 7) is 1.65. The molecule has 0 saturated heterocycles. The third kappa shape index (κ3) is 2.38. The van der Waals surface area contributed by atoms with Gasteiger partial charge in [-0.2, -0.15) is 20.1 Å². The van der Waals surface area contributed by atoms with Crippen LogP contribution in [0, 0.1) is 0 Å². The molecular formula is C9H8F2O2S. The minimum atomic E-state index is -2.01. The van der Waals surface area contributed by atoms with Crippen LogP contribution in [0.4, 0.5) is 8.78 Å². The van der Waals surface area contributed by atoms with Crippen molar-refractivity contribution in [1.29, 1.82) is 0 Å². The third-order valence-electron chi connectivity index (χ3n) is 1.48. The van der Waals surface area contributed by atoms with Crippen LogP contribution in [0.3, 0.4) is 0 Å². The highest BCUT2D eigenvalue weighted by molar-refractivity contribution is 7.08. The minimum absolute atomic E-state index is 0.0831.